The molecule has 0 radical (unpaired) electrons. The van der Waals surface area contributed by atoms with E-state index in [2.05, 4.69) is 42.9 Å². The zero-order valence-electron chi connectivity index (χ0n) is 8.33. The summed E-state index contributed by atoms with van der Waals surface area (Å²) in [4.78, 5) is 6.12. The van der Waals surface area contributed by atoms with Crippen molar-refractivity contribution in [1.82, 2.24) is 4.90 Å². The van der Waals surface area contributed by atoms with Gasteiger partial charge in [-0.15, -0.1) is 0 Å². The Morgan fingerprint density at radius 1 is 1.33 bits per heavy atom. The zero-order chi connectivity index (χ0) is 11.4. The Balaban J connectivity index is 3.15. The molecule has 1 aromatic carbocycles. The van der Waals surface area contributed by atoms with Gasteiger partial charge < -0.3 is 4.90 Å². The van der Waals surface area contributed by atoms with Crippen molar-refractivity contribution in [2.75, 3.05) is 14.1 Å². The van der Waals surface area contributed by atoms with E-state index in [9.17, 15) is 0 Å². The fourth-order valence-corrected chi connectivity index (χ4v) is 2.32. The molecule has 0 aliphatic carbocycles. The maximum atomic E-state index is 8.76. The van der Waals surface area contributed by atoms with Gasteiger partial charge in [0, 0.05) is 23.0 Å². The SMILES string of the molecule is CN(C)C=Nc1c(Br)cc(C#N)cc1Br. The average molecular weight is 331 g/mol. The van der Waals surface area contributed by atoms with Crippen LogP contribution in [0.25, 0.3) is 0 Å². The molecule has 0 spiro atoms. The van der Waals surface area contributed by atoms with E-state index in [4.69, 9.17) is 5.26 Å². The minimum Gasteiger partial charge on any atom is -0.369 e. The van der Waals surface area contributed by atoms with Crippen LogP contribution in [0.15, 0.2) is 26.1 Å². The van der Waals surface area contributed by atoms with Crippen LogP contribution in [-0.2, 0) is 0 Å². The molecule has 78 valence electrons. The highest BCUT2D eigenvalue weighted by Crippen LogP contribution is 2.34. The van der Waals surface area contributed by atoms with Gasteiger partial charge in [-0.1, -0.05) is 0 Å². The lowest BCUT2D eigenvalue weighted by atomic mass is 10.2. The summed E-state index contributed by atoms with van der Waals surface area (Å²) in [6.45, 7) is 0. The summed E-state index contributed by atoms with van der Waals surface area (Å²) in [7, 11) is 3.80. The Labute approximate surface area is 106 Å². The van der Waals surface area contributed by atoms with Crippen LogP contribution >= 0.6 is 31.9 Å². The first-order valence-electron chi connectivity index (χ1n) is 4.14. The Hall–Kier alpha value is -0.860. The lowest BCUT2D eigenvalue weighted by Crippen LogP contribution is -2.07. The summed E-state index contributed by atoms with van der Waals surface area (Å²) in [5.41, 5.74) is 1.38. The van der Waals surface area contributed by atoms with Crippen LogP contribution in [-0.4, -0.2) is 25.3 Å². The van der Waals surface area contributed by atoms with E-state index in [0.29, 0.717) is 5.56 Å². The molecule has 0 aliphatic rings. The van der Waals surface area contributed by atoms with Gasteiger partial charge in [0.1, 0.15) is 0 Å². The van der Waals surface area contributed by atoms with E-state index in [0.717, 1.165) is 14.6 Å². The number of hydrogen-bond donors (Lipinski definition) is 0. The standard InChI is InChI=1S/C10H9Br2N3/c1-15(2)6-14-10-8(11)3-7(5-13)4-9(10)12/h3-4,6H,1-2H3. The molecule has 15 heavy (non-hydrogen) atoms. The van der Waals surface area contributed by atoms with Crippen LogP contribution in [0, 0.1) is 11.3 Å². The number of benzene rings is 1. The first-order chi connectivity index (χ1) is 7.04. The van der Waals surface area contributed by atoms with Gasteiger partial charge >= 0.3 is 0 Å². The van der Waals surface area contributed by atoms with Crippen LogP contribution in [0.4, 0.5) is 5.69 Å². The minimum absolute atomic E-state index is 0.595. The van der Waals surface area contributed by atoms with Crippen LogP contribution in [0.1, 0.15) is 5.56 Å². The monoisotopic (exact) mass is 329 g/mol. The third-order valence-electron chi connectivity index (χ3n) is 1.56. The molecular formula is C10H9Br2N3. The van der Waals surface area contributed by atoms with E-state index in [1.165, 1.54) is 0 Å². The lowest BCUT2D eigenvalue weighted by Gasteiger charge is -2.05. The molecule has 3 nitrogen and oxygen atoms in total. The van der Waals surface area contributed by atoms with Crippen molar-refractivity contribution in [2.45, 2.75) is 0 Å². The van der Waals surface area contributed by atoms with Crippen LogP contribution < -0.4 is 0 Å². The van der Waals surface area contributed by atoms with E-state index in [1.807, 2.05) is 19.0 Å². The Bertz CT molecular complexity index is 410. The van der Waals surface area contributed by atoms with Crippen molar-refractivity contribution in [3.05, 3.63) is 26.6 Å². The molecule has 0 N–H and O–H groups in total. The number of nitrogens with zero attached hydrogens (tertiary/aromatic N) is 3. The van der Waals surface area contributed by atoms with Crippen LogP contribution in [0.2, 0.25) is 0 Å². The highest BCUT2D eigenvalue weighted by atomic mass is 79.9. The summed E-state index contributed by atoms with van der Waals surface area (Å²) in [6, 6.07) is 5.56. The molecule has 0 aromatic heterocycles. The molecule has 0 unspecified atom stereocenters. The molecule has 1 aromatic rings. The molecule has 0 saturated heterocycles. The van der Waals surface area contributed by atoms with E-state index in [-0.39, 0.29) is 0 Å². The third kappa shape index (κ3) is 3.33. The number of aliphatic imine (C=N–C) groups is 1. The van der Waals surface area contributed by atoms with Crippen molar-refractivity contribution in [3.63, 3.8) is 0 Å². The van der Waals surface area contributed by atoms with Crippen LogP contribution in [0.3, 0.4) is 0 Å². The predicted octanol–water partition coefficient (Wildman–Crippen LogP) is 3.30. The Kier molecular flexibility index (Phi) is 4.30. The molecule has 0 amide bonds. The minimum atomic E-state index is 0.595. The molecule has 0 saturated carbocycles. The topological polar surface area (TPSA) is 39.4 Å². The van der Waals surface area contributed by atoms with Crippen molar-refractivity contribution in [1.29, 1.82) is 5.26 Å². The van der Waals surface area contributed by atoms with Crippen molar-refractivity contribution >= 4 is 43.9 Å². The van der Waals surface area contributed by atoms with Crippen molar-refractivity contribution < 1.29 is 0 Å². The summed E-state index contributed by atoms with van der Waals surface area (Å²) in [5, 5.41) is 8.76. The second kappa shape index (κ2) is 5.29. The van der Waals surface area contributed by atoms with E-state index >= 15 is 0 Å². The molecule has 5 heteroatoms. The molecule has 0 heterocycles. The molecule has 0 fully saturated rings. The quantitative estimate of drug-likeness (QED) is 0.616. The fourth-order valence-electron chi connectivity index (χ4n) is 0.927. The van der Waals surface area contributed by atoms with Gasteiger partial charge in [0.25, 0.3) is 0 Å². The highest BCUT2D eigenvalue weighted by Gasteiger charge is 2.05. The molecule has 1 rings (SSSR count). The maximum absolute atomic E-state index is 8.76. The fraction of sp³-hybridized carbons (Fsp3) is 0.200. The van der Waals surface area contributed by atoms with Gasteiger partial charge in [-0.2, -0.15) is 5.26 Å². The van der Waals surface area contributed by atoms with Gasteiger partial charge in [-0.25, -0.2) is 4.99 Å². The predicted molar refractivity (Wildman–Crippen MR) is 68.4 cm³/mol. The highest BCUT2D eigenvalue weighted by molar-refractivity contribution is 9.11. The summed E-state index contributed by atoms with van der Waals surface area (Å²) >= 11 is 6.75. The smallest absolute Gasteiger partial charge is 0.0992 e. The van der Waals surface area contributed by atoms with Gasteiger partial charge in [-0.05, 0) is 44.0 Å². The summed E-state index contributed by atoms with van der Waals surface area (Å²) < 4.78 is 1.60. The lowest BCUT2D eigenvalue weighted by molar-refractivity contribution is 0.643. The van der Waals surface area contributed by atoms with Crippen molar-refractivity contribution in [2.24, 2.45) is 4.99 Å². The Morgan fingerprint density at radius 3 is 2.27 bits per heavy atom. The van der Waals surface area contributed by atoms with E-state index in [1.54, 1.807) is 18.5 Å². The van der Waals surface area contributed by atoms with E-state index < -0.39 is 0 Å². The first-order valence-corrected chi connectivity index (χ1v) is 5.73. The third-order valence-corrected chi connectivity index (χ3v) is 2.77. The molecule has 0 aliphatic heterocycles. The molecular weight excluding hydrogens is 322 g/mol. The Morgan fingerprint density at radius 2 is 1.87 bits per heavy atom. The summed E-state index contributed by atoms with van der Waals surface area (Å²) in [6.07, 6.45) is 1.71. The van der Waals surface area contributed by atoms with Gasteiger partial charge in [0.15, 0.2) is 0 Å². The van der Waals surface area contributed by atoms with Gasteiger partial charge in [0.2, 0.25) is 0 Å². The average Bonchev–Trinajstić information content (AvgIpc) is 2.15. The number of halogens is 2. The number of nitriles is 1. The summed E-state index contributed by atoms with van der Waals surface area (Å²) in [5.74, 6) is 0. The van der Waals surface area contributed by atoms with Crippen molar-refractivity contribution in [3.8, 4) is 6.07 Å². The normalized spacial score (nSPS) is 10.3. The zero-order valence-corrected chi connectivity index (χ0v) is 11.5. The first kappa shape index (κ1) is 12.2. The van der Waals surface area contributed by atoms with Gasteiger partial charge in [0.05, 0.1) is 23.7 Å². The van der Waals surface area contributed by atoms with Gasteiger partial charge in [-0.3, -0.25) is 0 Å². The van der Waals surface area contributed by atoms with Crippen LogP contribution in [0.5, 0.6) is 0 Å². The number of hydrogen-bond acceptors (Lipinski definition) is 2. The second-order valence-corrected chi connectivity index (χ2v) is 4.82. The maximum Gasteiger partial charge on any atom is 0.0992 e. The second-order valence-electron chi connectivity index (χ2n) is 3.11. The molecule has 0 bridgehead atoms. The largest absolute Gasteiger partial charge is 0.369 e. The number of rotatable bonds is 2. The molecule has 0 atom stereocenters.